The minimum Gasteiger partial charge on any atom is -0.479 e. The van der Waals surface area contributed by atoms with Crippen molar-refractivity contribution in [2.24, 2.45) is 17.8 Å². The number of nitrogens with zero attached hydrogens (tertiary/aromatic N) is 3. The number of methoxy groups -OCH3 is 1. The Morgan fingerprint density at radius 3 is 2.90 bits per heavy atom. The summed E-state index contributed by atoms with van der Waals surface area (Å²) in [6.45, 7) is 2.28. The van der Waals surface area contributed by atoms with Crippen molar-refractivity contribution in [1.29, 1.82) is 0 Å². The fourth-order valence-corrected chi connectivity index (χ4v) is 4.88. The summed E-state index contributed by atoms with van der Waals surface area (Å²) in [7, 11) is 1.62. The van der Waals surface area contributed by atoms with Gasteiger partial charge in [-0.05, 0) is 56.2 Å². The van der Waals surface area contributed by atoms with Crippen molar-refractivity contribution in [2.45, 2.75) is 38.6 Å². The van der Waals surface area contributed by atoms with Crippen LogP contribution in [0.25, 0.3) is 11.2 Å². The minimum absolute atomic E-state index is 0.376. The van der Waals surface area contributed by atoms with Gasteiger partial charge in [-0.15, -0.1) is 0 Å². The zero-order chi connectivity index (χ0) is 14.6. The van der Waals surface area contributed by atoms with E-state index in [4.69, 9.17) is 17.0 Å². The molecule has 0 spiro atoms. The Morgan fingerprint density at radius 2 is 2.24 bits per heavy atom. The fourth-order valence-electron chi connectivity index (χ4n) is 4.52. The summed E-state index contributed by atoms with van der Waals surface area (Å²) in [5.74, 6) is 3.08. The van der Waals surface area contributed by atoms with Crippen LogP contribution in [-0.4, -0.2) is 26.6 Å². The van der Waals surface area contributed by atoms with Crippen LogP contribution in [0.5, 0.6) is 5.88 Å². The van der Waals surface area contributed by atoms with Gasteiger partial charge in [0.05, 0.1) is 7.11 Å². The van der Waals surface area contributed by atoms with Gasteiger partial charge in [0.1, 0.15) is 11.8 Å². The predicted octanol–water partition coefficient (Wildman–Crippen LogP) is 3.49. The Morgan fingerprint density at radius 1 is 1.38 bits per heavy atom. The van der Waals surface area contributed by atoms with Crippen LogP contribution in [0.2, 0.25) is 0 Å². The third-order valence-electron chi connectivity index (χ3n) is 5.48. The molecule has 2 aromatic rings. The van der Waals surface area contributed by atoms with Crippen LogP contribution in [0.1, 0.15) is 38.6 Å². The topological polar surface area (TPSA) is 55.7 Å². The van der Waals surface area contributed by atoms with E-state index in [9.17, 15) is 0 Å². The number of ether oxygens (including phenoxy) is 1. The standard InChI is InChI=1S/C15H20N4OS/c1-8(11-6-9-3-4-10(11)5-9)19-13-12(18-15(19)21)14(20-2)17-7-16-13/h7-11H,3-6H2,1-2H3,(H,18,21). The Labute approximate surface area is 128 Å². The molecule has 0 radical (unpaired) electrons. The van der Waals surface area contributed by atoms with Crippen LogP contribution in [0, 0.1) is 22.5 Å². The maximum atomic E-state index is 5.54. The van der Waals surface area contributed by atoms with Crippen LogP contribution in [0.15, 0.2) is 6.33 Å². The quantitative estimate of drug-likeness (QED) is 0.882. The average molecular weight is 304 g/mol. The molecule has 0 amide bonds. The number of fused-ring (bicyclic) bond motifs is 3. The number of rotatable bonds is 3. The highest BCUT2D eigenvalue weighted by Gasteiger charge is 2.42. The molecule has 4 rings (SSSR count). The molecule has 2 aromatic heterocycles. The smallest absolute Gasteiger partial charge is 0.242 e. The largest absolute Gasteiger partial charge is 0.479 e. The Hall–Kier alpha value is -1.43. The van der Waals surface area contributed by atoms with Gasteiger partial charge in [0.25, 0.3) is 0 Å². The lowest BCUT2D eigenvalue weighted by atomic mass is 9.84. The van der Waals surface area contributed by atoms with E-state index in [1.54, 1.807) is 13.4 Å². The zero-order valence-corrected chi connectivity index (χ0v) is 13.2. The van der Waals surface area contributed by atoms with E-state index in [1.807, 2.05) is 0 Å². The SMILES string of the molecule is COc1ncnc2c1[nH]c(=S)n2C(C)C1CC2CCC1C2. The lowest BCUT2D eigenvalue weighted by molar-refractivity contribution is 0.244. The van der Waals surface area contributed by atoms with E-state index < -0.39 is 0 Å². The Kier molecular flexibility index (Phi) is 3.03. The summed E-state index contributed by atoms with van der Waals surface area (Å²) in [4.78, 5) is 11.8. The normalized spacial score (nSPS) is 29.1. The van der Waals surface area contributed by atoms with Crippen molar-refractivity contribution < 1.29 is 4.74 Å². The molecule has 4 unspecified atom stereocenters. The van der Waals surface area contributed by atoms with Crippen molar-refractivity contribution in [1.82, 2.24) is 19.5 Å². The second kappa shape index (κ2) is 4.80. The van der Waals surface area contributed by atoms with Gasteiger partial charge < -0.3 is 9.72 Å². The van der Waals surface area contributed by atoms with E-state index in [0.29, 0.717) is 11.9 Å². The van der Waals surface area contributed by atoms with Gasteiger partial charge in [-0.25, -0.2) is 4.98 Å². The number of hydrogen-bond donors (Lipinski definition) is 1. The van der Waals surface area contributed by atoms with Gasteiger partial charge in [-0.2, -0.15) is 4.98 Å². The maximum Gasteiger partial charge on any atom is 0.242 e. The summed E-state index contributed by atoms with van der Waals surface area (Å²) in [6.07, 6.45) is 7.09. The molecule has 2 aliphatic rings. The second-order valence-electron chi connectivity index (χ2n) is 6.46. The van der Waals surface area contributed by atoms with Crippen molar-refractivity contribution in [3.05, 3.63) is 11.1 Å². The first-order valence-corrected chi connectivity index (χ1v) is 8.09. The average Bonchev–Trinajstić information content (AvgIpc) is 3.18. The molecule has 0 aliphatic heterocycles. The molecule has 2 bridgehead atoms. The van der Waals surface area contributed by atoms with Gasteiger partial charge in [-0.3, -0.25) is 4.57 Å². The molecule has 4 atom stereocenters. The van der Waals surface area contributed by atoms with Crippen molar-refractivity contribution >= 4 is 23.4 Å². The number of H-pyrrole nitrogens is 1. The summed E-state index contributed by atoms with van der Waals surface area (Å²) in [5, 5.41) is 0. The molecular formula is C15H20N4OS. The number of aromatic amines is 1. The van der Waals surface area contributed by atoms with E-state index >= 15 is 0 Å². The molecule has 21 heavy (non-hydrogen) atoms. The first kappa shape index (κ1) is 13.2. The molecule has 1 N–H and O–H groups in total. The lowest BCUT2D eigenvalue weighted by Crippen LogP contribution is -2.22. The van der Waals surface area contributed by atoms with E-state index in [0.717, 1.165) is 33.7 Å². The highest BCUT2D eigenvalue weighted by atomic mass is 32.1. The number of aromatic nitrogens is 4. The molecule has 2 fully saturated rings. The van der Waals surface area contributed by atoms with Crippen molar-refractivity contribution in [2.75, 3.05) is 7.11 Å². The molecule has 0 saturated heterocycles. The van der Waals surface area contributed by atoms with Crippen LogP contribution < -0.4 is 4.74 Å². The molecule has 2 aliphatic carbocycles. The third-order valence-corrected chi connectivity index (χ3v) is 5.78. The molecular weight excluding hydrogens is 284 g/mol. The van der Waals surface area contributed by atoms with Gasteiger partial charge in [0.2, 0.25) is 5.88 Å². The van der Waals surface area contributed by atoms with Crippen LogP contribution in [-0.2, 0) is 0 Å². The van der Waals surface area contributed by atoms with Crippen LogP contribution in [0.4, 0.5) is 0 Å². The first-order chi connectivity index (χ1) is 10.2. The Balaban J connectivity index is 1.79. The van der Waals surface area contributed by atoms with Crippen LogP contribution >= 0.6 is 12.2 Å². The van der Waals surface area contributed by atoms with Crippen molar-refractivity contribution in [3.8, 4) is 5.88 Å². The third kappa shape index (κ3) is 1.92. The molecule has 2 saturated carbocycles. The van der Waals surface area contributed by atoms with Gasteiger partial charge in [0, 0.05) is 6.04 Å². The number of nitrogens with one attached hydrogen (secondary N) is 1. The maximum absolute atomic E-state index is 5.54. The monoisotopic (exact) mass is 304 g/mol. The van der Waals surface area contributed by atoms with Gasteiger partial charge in [-0.1, -0.05) is 6.42 Å². The molecule has 5 nitrogen and oxygen atoms in total. The number of imidazole rings is 1. The highest BCUT2D eigenvalue weighted by molar-refractivity contribution is 7.71. The summed E-state index contributed by atoms with van der Waals surface area (Å²) >= 11 is 5.54. The predicted molar refractivity (Wildman–Crippen MR) is 82.9 cm³/mol. The molecule has 6 heteroatoms. The van der Waals surface area contributed by atoms with E-state index in [1.165, 1.54) is 25.7 Å². The second-order valence-corrected chi connectivity index (χ2v) is 6.85. The van der Waals surface area contributed by atoms with Gasteiger partial charge >= 0.3 is 0 Å². The Bertz CT molecular complexity index is 737. The summed E-state index contributed by atoms with van der Waals surface area (Å²) < 4.78 is 8.20. The lowest BCUT2D eigenvalue weighted by Gasteiger charge is -2.28. The molecule has 0 aromatic carbocycles. The summed E-state index contributed by atoms with van der Waals surface area (Å²) in [6, 6.07) is 0.376. The first-order valence-electron chi connectivity index (χ1n) is 7.68. The number of hydrogen-bond acceptors (Lipinski definition) is 4. The van der Waals surface area contributed by atoms with Gasteiger partial charge in [0.15, 0.2) is 10.4 Å². The molecule has 2 heterocycles. The summed E-state index contributed by atoms with van der Waals surface area (Å²) in [5.41, 5.74) is 1.67. The van der Waals surface area contributed by atoms with E-state index in [-0.39, 0.29) is 0 Å². The van der Waals surface area contributed by atoms with Crippen molar-refractivity contribution in [3.63, 3.8) is 0 Å². The highest BCUT2D eigenvalue weighted by Crippen LogP contribution is 2.52. The molecule has 112 valence electrons. The fraction of sp³-hybridized carbons (Fsp3) is 0.667. The zero-order valence-electron chi connectivity index (χ0n) is 12.4. The van der Waals surface area contributed by atoms with Crippen LogP contribution in [0.3, 0.4) is 0 Å². The minimum atomic E-state index is 0.376. The van der Waals surface area contributed by atoms with E-state index in [2.05, 4.69) is 26.4 Å².